The minimum atomic E-state index is -0.494. The Kier molecular flexibility index (Phi) is 6.32. The molecular weight excluding hydrogens is 311 g/mol. The van der Waals surface area contributed by atoms with Crippen LogP contribution in [-0.2, 0) is 5.41 Å². The van der Waals surface area contributed by atoms with Crippen LogP contribution >= 0.6 is 0 Å². The maximum Gasteiger partial charge on any atom is 0.123 e. The molecule has 0 amide bonds. The van der Waals surface area contributed by atoms with Crippen LogP contribution in [0.3, 0.4) is 0 Å². The van der Waals surface area contributed by atoms with Gasteiger partial charge in [-0.1, -0.05) is 74.5 Å². The molecule has 132 valence electrons. The van der Waals surface area contributed by atoms with Gasteiger partial charge in [0.05, 0.1) is 0 Å². The Morgan fingerprint density at radius 1 is 1.08 bits per heavy atom. The smallest absolute Gasteiger partial charge is 0.123 e. The summed E-state index contributed by atoms with van der Waals surface area (Å²) >= 11 is 0. The Balaban J connectivity index is 1.70. The minimum Gasteiger partial charge on any atom is -0.207 e. The van der Waals surface area contributed by atoms with E-state index in [0.29, 0.717) is 5.41 Å². The van der Waals surface area contributed by atoms with Crippen molar-refractivity contribution in [2.45, 2.75) is 81.8 Å². The largest absolute Gasteiger partial charge is 0.207 e. The zero-order valence-corrected chi connectivity index (χ0v) is 16.4. The molecular formula is C22H33FSi. The molecule has 2 fully saturated rings. The van der Waals surface area contributed by atoms with Crippen molar-refractivity contribution in [2.75, 3.05) is 0 Å². The lowest BCUT2D eigenvalue weighted by Gasteiger charge is -2.47. The van der Waals surface area contributed by atoms with Crippen LogP contribution in [0, 0.1) is 11.7 Å². The Morgan fingerprint density at radius 3 is 2.38 bits per heavy atom. The molecule has 0 N–H and O–H groups in total. The predicted octanol–water partition coefficient (Wildman–Crippen LogP) is 6.63. The molecule has 2 heteroatoms. The van der Waals surface area contributed by atoms with Gasteiger partial charge in [-0.05, 0) is 55.2 Å². The summed E-state index contributed by atoms with van der Waals surface area (Å²) in [7, 11) is -0.494. The van der Waals surface area contributed by atoms with Gasteiger partial charge in [0, 0.05) is 8.80 Å². The molecule has 0 bridgehead atoms. The number of allylic oxidation sites excluding steroid dienone is 2. The van der Waals surface area contributed by atoms with Gasteiger partial charge in [0.25, 0.3) is 0 Å². The molecule has 1 saturated heterocycles. The molecule has 0 nitrogen and oxygen atoms in total. The van der Waals surface area contributed by atoms with Crippen LogP contribution < -0.4 is 0 Å². The lowest BCUT2D eigenvalue weighted by molar-refractivity contribution is 0.174. The van der Waals surface area contributed by atoms with Gasteiger partial charge in [-0.15, -0.1) is 0 Å². The van der Waals surface area contributed by atoms with E-state index in [1.54, 1.807) is 12.1 Å². The fraction of sp³-hybridized carbons (Fsp3) is 0.636. The standard InChI is InChI=1S/C22H33FSi/c1-2-3-7-16-24-17-12-20(13-18-24)22(14-5-4-6-15-22)19-8-10-21(23)11-9-19/h2-3,8-11,20,24H,4-7,12-18H2,1H3/b3-2+. The monoisotopic (exact) mass is 344 g/mol. The molecule has 24 heavy (non-hydrogen) atoms. The van der Waals surface area contributed by atoms with Crippen molar-refractivity contribution in [3.05, 3.63) is 47.8 Å². The lowest BCUT2D eigenvalue weighted by Crippen LogP contribution is -2.40. The van der Waals surface area contributed by atoms with Crippen LogP contribution in [0.15, 0.2) is 36.4 Å². The molecule has 0 unspecified atom stereocenters. The third-order valence-corrected chi connectivity index (χ3v) is 10.2. The van der Waals surface area contributed by atoms with Gasteiger partial charge < -0.3 is 0 Å². The second kappa shape index (κ2) is 8.47. The van der Waals surface area contributed by atoms with Crippen molar-refractivity contribution < 1.29 is 4.39 Å². The molecule has 3 rings (SSSR count). The molecule has 0 atom stereocenters. The van der Waals surface area contributed by atoms with Crippen LogP contribution in [0.1, 0.15) is 63.9 Å². The van der Waals surface area contributed by atoms with Gasteiger partial charge in [0.15, 0.2) is 0 Å². The average molecular weight is 345 g/mol. The summed E-state index contributed by atoms with van der Waals surface area (Å²) in [4.78, 5) is 0. The highest BCUT2D eigenvalue weighted by Gasteiger charge is 2.42. The molecule has 1 aromatic rings. The molecule has 2 aliphatic rings. The molecule has 1 aromatic carbocycles. The van der Waals surface area contributed by atoms with E-state index in [-0.39, 0.29) is 5.82 Å². The van der Waals surface area contributed by atoms with Crippen LogP contribution in [0.2, 0.25) is 18.1 Å². The third kappa shape index (κ3) is 4.01. The Labute approximate surface area is 149 Å². The van der Waals surface area contributed by atoms with Crippen molar-refractivity contribution in [2.24, 2.45) is 5.92 Å². The Hall–Kier alpha value is -0.893. The number of halogens is 1. The third-order valence-electron chi connectivity index (χ3n) is 6.77. The van der Waals surface area contributed by atoms with Crippen molar-refractivity contribution in [3.63, 3.8) is 0 Å². The van der Waals surface area contributed by atoms with Crippen molar-refractivity contribution in [1.82, 2.24) is 0 Å². The van der Waals surface area contributed by atoms with E-state index in [9.17, 15) is 4.39 Å². The SMILES string of the molecule is C/C=C/CC[SiH]1CCC(C2(c3ccc(F)cc3)CCCCC2)CC1. The molecule has 0 radical (unpaired) electrons. The molecule has 1 heterocycles. The first-order valence-electron chi connectivity index (χ1n) is 10.1. The average Bonchev–Trinajstić information content (AvgIpc) is 2.64. The van der Waals surface area contributed by atoms with E-state index >= 15 is 0 Å². The highest BCUT2D eigenvalue weighted by molar-refractivity contribution is 6.59. The van der Waals surface area contributed by atoms with Gasteiger partial charge >= 0.3 is 0 Å². The van der Waals surface area contributed by atoms with Crippen LogP contribution in [-0.4, -0.2) is 8.80 Å². The van der Waals surface area contributed by atoms with Crippen molar-refractivity contribution in [1.29, 1.82) is 0 Å². The summed E-state index contributed by atoms with van der Waals surface area (Å²) in [5.74, 6) is 0.749. The molecule has 0 spiro atoms. The van der Waals surface area contributed by atoms with Gasteiger partial charge in [-0.3, -0.25) is 0 Å². The summed E-state index contributed by atoms with van der Waals surface area (Å²) < 4.78 is 13.4. The minimum absolute atomic E-state index is 0.0928. The predicted molar refractivity (Wildman–Crippen MR) is 105 cm³/mol. The van der Waals surface area contributed by atoms with E-state index in [4.69, 9.17) is 0 Å². The van der Waals surface area contributed by atoms with Crippen LogP contribution in [0.5, 0.6) is 0 Å². The van der Waals surface area contributed by atoms with E-state index in [1.807, 2.05) is 0 Å². The van der Waals surface area contributed by atoms with Gasteiger partial charge in [-0.2, -0.15) is 0 Å². The summed E-state index contributed by atoms with van der Waals surface area (Å²) in [6.07, 6.45) is 15.5. The summed E-state index contributed by atoms with van der Waals surface area (Å²) in [6.45, 7) is 2.13. The maximum atomic E-state index is 13.4. The van der Waals surface area contributed by atoms with E-state index in [0.717, 1.165) is 5.92 Å². The second-order valence-electron chi connectivity index (χ2n) is 8.09. The van der Waals surface area contributed by atoms with Crippen LogP contribution in [0.4, 0.5) is 4.39 Å². The topological polar surface area (TPSA) is 0 Å². The van der Waals surface area contributed by atoms with E-state index < -0.39 is 8.80 Å². The van der Waals surface area contributed by atoms with Crippen LogP contribution in [0.25, 0.3) is 0 Å². The summed E-state index contributed by atoms with van der Waals surface area (Å²) in [5.41, 5.74) is 1.79. The molecule has 1 saturated carbocycles. The number of hydrogen-bond acceptors (Lipinski definition) is 0. The fourth-order valence-corrected chi connectivity index (χ4v) is 8.68. The highest BCUT2D eigenvalue weighted by atomic mass is 28.3. The quantitative estimate of drug-likeness (QED) is 0.415. The first kappa shape index (κ1) is 17.9. The van der Waals surface area contributed by atoms with Gasteiger partial charge in [0.2, 0.25) is 0 Å². The first-order valence-corrected chi connectivity index (χ1v) is 12.6. The fourth-order valence-electron chi connectivity index (χ4n) is 5.40. The Morgan fingerprint density at radius 2 is 1.75 bits per heavy atom. The Bertz CT molecular complexity index is 519. The maximum absolute atomic E-state index is 13.4. The summed E-state index contributed by atoms with van der Waals surface area (Å²) in [5, 5.41) is 0. The molecule has 1 aliphatic heterocycles. The number of hydrogen-bond donors (Lipinski definition) is 0. The molecule has 1 aliphatic carbocycles. The lowest BCUT2D eigenvalue weighted by atomic mass is 9.60. The van der Waals surface area contributed by atoms with Gasteiger partial charge in [0.1, 0.15) is 5.82 Å². The van der Waals surface area contributed by atoms with Crippen molar-refractivity contribution >= 4 is 8.80 Å². The normalized spacial score (nSPS) is 27.4. The summed E-state index contributed by atoms with van der Waals surface area (Å²) in [6, 6.07) is 12.1. The zero-order valence-electron chi connectivity index (χ0n) is 15.3. The molecule has 0 aromatic heterocycles. The second-order valence-corrected chi connectivity index (χ2v) is 11.6. The number of benzene rings is 1. The van der Waals surface area contributed by atoms with E-state index in [1.165, 1.54) is 75.1 Å². The highest BCUT2D eigenvalue weighted by Crippen LogP contribution is 2.50. The van der Waals surface area contributed by atoms with Gasteiger partial charge in [-0.25, -0.2) is 4.39 Å². The first-order chi connectivity index (χ1) is 11.7. The van der Waals surface area contributed by atoms with Crippen molar-refractivity contribution in [3.8, 4) is 0 Å². The van der Waals surface area contributed by atoms with E-state index in [2.05, 4.69) is 31.2 Å². The number of rotatable bonds is 5. The zero-order chi connectivity index (χ0) is 16.8.